The van der Waals surface area contributed by atoms with E-state index >= 15 is 0 Å². The minimum atomic E-state index is -1.33. The molecule has 1 N–H and O–H groups in total. The molecule has 1 amide bonds. The van der Waals surface area contributed by atoms with E-state index < -0.39 is 5.60 Å². The molecule has 0 spiro atoms. The van der Waals surface area contributed by atoms with Gasteiger partial charge in [-0.25, -0.2) is 0 Å². The molecule has 3 rings (SSSR count). The molecule has 2 heterocycles. The number of pyridine rings is 1. The first-order chi connectivity index (χ1) is 13.4. The van der Waals surface area contributed by atoms with Crippen LogP contribution in [0.4, 0.5) is 0 Å². The number of nitrogens with zero attached hydrogens (tertiary/aromatic N) is 3. The number of carbonyl (C=O) groups is 1. The molecule has 28 heavy (non-hydrogen) atoms. The van der Waals surface area contributed by atoms with Crippen molar-refractivity contribution >= 4 is 5.91 Å². The molecule has 1 aliphatic rings. The Morgan fingerprint density at radius 1 is 1.21 bits per heavy atom. The zero-order valence-corrected chi connectivity index (χ0v) is 17.1. The van der Waals surface area contributed by atoms with E-state index in [4.69, 9.17) is 0 Å². The molecule has 1 atom stereocenters. The number of hydrogen-bond donors (Lipinski definition) is 1. The number of piperidine rings is 1. The van der Waals surface area contributed by atoms with Crippen LogP contribution in [0.3, 0.4) is 0 Å². The lowest BCUT2D eigenvalue weighted by atomic mass is 9.90. The lowest BCUT2D eigenvalue weighted by Crippen LogP contribution is -2.57. The third-order valence-electron chi connectivity index (χ3n) is 5.41. The maximum Gasteiger partial charge on any atom is 0.256 e. The smallest absolute Gasteiger partial charge is 0.256 e. The van der Waals surface area contributed by atoms with Crippen LogP contribution in [0.25, 0.3) is 0 Å². The van der Waals surface area contributed by atoms with E-state index in [9.17, 15) is 9.90 Å². The number of aliphatic hydroxyl groups is 1. The standard InChI is InChI=1S/C23H31N3O2/c1-18(2)20-10-8-19(9-11-20)15-26-14-6-12-23(28,22(26)27)17-25(3)16-21-7-4-5-13-24-21/h4-5,7-11,13,18,28H,6,12,14-17H2,1-3H3. The molecule has 0 bridgehead atoms. The predicted molar refractivity (Wildman–Crippen MR) is 111 cm³/mol. The first kappa shape index (κ1) is 20.5. The summed E-state index contributed by atoms with van der Waals surface area (Å²) >= 11 is 0. The molecule has 0 aliphatic carbocycles. The monoisotopic (exact) mass is 381 g/mol. The number of amides is 1. The minimum Gasteiger partial charge on any atom is -0.379 e. The molecule has 5 nitrogen and oxygen atoms in total. The molecule has 5 heteroatoms. The number of rotatable bonds is 7. The highest BCUT2D eigenvalue weighted by Crippen LogP contribution is 2.26. The van der Waals surface area contributed by atoms with E-state index in [0.29, 0.717) is 38.5 Å². The topological polar surface area (TPSA) is 56.7 Å². The average Bonchev–Trinajstić information content (AvgIpc) is 2.66. The molecule has 2 aromatic rings. The molecule has 1 unspecified atom stereocenters. The molecule has 0 radical (unpaired) electrons. The van der Waals surface area contributed by atoms with Crippen LogP contribution in [0.2, 0.25) is 0 Å². The Morgan fingerprint density at radius 2 is 1.96 bits per heavy atom. The predicted octanol–water partition coefficient (Wildman–Crippen LogP) is 3.19. The fraction of sp³-hybridized carbons (Fsp3) is 0.478. The quantitative estimate of drug-likeness (QED) is 0.800. The SMILES string of the molecule is CC(C)c1ccc(CN2CCCC(O)(CN(C)Cc3ccccn3)C2=O)cc1. The van der Waals surface area contributed by atoms with Gasteiger partial charge in [0.1, 0.15) is 0 Å². The summed E-state index contributed by atoms with van der Waals surface area (Å²) in [4.78, 5) is 21.1. The lowest BCUT2D eigenvalue weighted by molar-refractivity contribution is -0.160. The van der Waals surface area contributed by atoms with Crippen molar-refractivity contribution in [1.29, 1.82) is 0 Å². The van der Waals surface area contributed by atoms with Gasteiger partial charge in [-0.1, -0.05) is 44.2 Å². The van der Waals surface area contributed by atoms with E-state index in [1.165, 1.54) is 5.56 Å². The summed E-state index contributed by atoms with van der Waals surface area (Å²) in [6.45, 7) is 6.49. The van der Waals surface area contributed by atoms with Gasteiger partial charge in [0.15, 0.2) is 5.60 Å². The van der Waals surface area contributed by atoms with Crippen molar-refractivity contribution in [2.75, 3.05) is 20.1 Å². The van der Waals surface area contributed by atoms with Crippen molar-refractivity contribution in [2.45, 2.75) is 51.3 Å². The van der Waals surface area contributed by atoms with Gasteiger partial charge in [0.2, 0.25) is 0 Å². The summed E-state index contributed by atoms with van der Waals surface area (Å²) in [7, 11) is 1.92. The average molecular weight is 382 g/mol. The number of hydrogen-bond acceptors (Lipinski definition) is 4. The van der Waals surface area contributed by atoms with Gasteiger partial charge in [0.05, 0.1) is 5.69 Å². The summed E-state index contributed by atoms with van der Waals surface area (Å²) in [5.41, 5.74) is 1.99. The largest absolute Gasteiger partial charge is 0.379 e. The summed E-state index contributed by atoms with van der Waals surface area (Å²) in [6, 6.07) is 14.2. The third-order valence-corrected chi connectivity index (χ3v) is 5.41. The van der Waals surface area contributed by atoms with Gasteiger partial charge >= 0.3 is 0 Å². The maximum atomic E-state index is 13.0. The number of benzene rings is 1. The fourth-order valence-electron chi connectivity index (χ4n) is 3.86. The first-order valence-corrected chi connectivity index (χ1v) is 10.1. The van der Waals surface area contributed by atoms with Crippen LogP contribution in [0, 0.1) is 0 Å². The van der Waals surface area contributed by atoms with Gasteiger partial charge in [-0.05, 0) is 49.1 Å². The van der Waals surface area contributed by atoms with Crippen molar-refractivity contribution in [2.24, 2.45) is 0 Å². The highest BCUT2D eigenvalue weighted by molar-refractivity contribution is 5.86. The van der Waals surface area contributed by atoms with Gasteiger partial charge in [-0.15, -0.1) is 0 Å². The molecule has 0 saturated carbocycles. The Balaban J connectivity index is 1.63. The van der Waals surface area contributed by atoms with Crippen molar-refractivity contribution < 1.29 is 9.90 Å². The summed E-state index contributed by atoms with van der Waals surface area (Å²) in [5, 5.41) is 11.1. The van der Waals surface area contributed by atoms with Gasteiger partial charge < -0.3 is 10.0 Å². The Labute approximate surface area is 168 Å². The van der Waals surface area contributed by atoms with Crippen molar-refractivity contribution in [1.82, 2.24) is 14.8 Å². The highest BCUT2D eigenvalue weighted by Gasteiger charge is 2.42. The number of aromatic nitrogens is 1. The van der Waals surface area contributed by atoms with Crippen LogP contribution in [-0.4, -0.2) is 51.5 Å². The third kappa shape index (κ3) is 4.97. The summed E-state index contributed by atoms with van der Waals surface area (Å²) in [5.74, 6) is 0.324. The molecule has 1 aromatic carbocycles. The molecular formula is C23H31N3O2. The van der Waals surface area contributed by atoms with Crippen LogP contribution in [0.1, 0.15) is 49.4 Å². The molecule has 1 aliphatic heterocycles. The van der Waals surface area contributed by atoms with E-state index in [-0.39, 0.29) is 5.91 Å². The molecule has 1 saturated heterocycles. The van der Waals surface area contributed by atoms with E-state index in [1.807, 2.05) is 30.1 Å². The minimum absolute atomic E-state index is 0.167. The Kier molecular flexibility index (Phi) is 6.47. The zero-order valence-electron chi connectivity index (χ0n) is 17.1. The van der Waals surface area contributed by atoms with E-state index in [2.05, 4.69) is 43.1 Å². The van der Waals surface area contributed by atoms with Crippen LogP contribution < -0.4 is 0 Å². The second-order valence-electron chi connectivity index (χ2n) is 8.25. The van der Waals surface area contributed by atoms with Crippen LogP contribution >= 0.6 is 0 Å². The van der Waals surface area contributed by atoms with E-state index in [0.717, 1.165) is 17.7 Å². The highest BCUT2D eigenvalue weighted by atomic mass is 16.3. The Hall–Kier alpha value is -2.24. The summed E-state index contributed by atoms with van der Waals surface area (Å²) in [6.07, 6.45) is 3.07. The van der Waals surface area contributed by atoms with Crippen LogP contribution in [-0.2, 0) is 17.9 Å². The normalized spacial score (nSPS) is 20.2. The first-order valence-electron chi connectivity index (χ1n) is 10.1. The maximum absolute atomic E-state index is 13.0. The Bertz CT molecular complexity index is 776. The second kappa shape index (κ2) is 8.84. The van der Waals surface area contributed by atoms with Gasteiger partial charge in [0, 0.05) is 32.4 Å². The molecule has 1 aromatic heterocycles. The molecule has 150 valence electrons. The van der Waals surface area contributed by atoms with Crippen molar-refractivity contribution in [3.05, 3.63) is 65.5 Å². The van der Waals surface area contributed by atoms with Gasteiger partial charge in [0.25, 0.3) is 5.91 Å². The van der Waals surface area contributed by atoms with Crippen LogP contribution in [0.5, 0.6) is 0 Å². The van der Waals surface area contributed by atoms with Crippen molar-refractivity contribution in [3.8, 4) is 0 Å². The second-order valence-corrected chi connectivity index (χ2v) is 8.25. The Morgan fingerprint density at radius 3 is 2.61 bits per heavy atom. The zero-order chi connectivity index (χ0) is 20.1. The fourth-order valence-corrected chi connectivity index (χ4v) is 3.86. The number of likely N-dealkylation sites (tertiary alicyclic amines) is 1. The van der Waals surface area contributed by atoms with Crippen LogP contribution in [0.15, 0.2) is 48.7 Å². The summed E-state index contributed by atoms with van der Waals surface area (Å²) < 4.78 is 0. The lowest BCUT2D eigenvalue weighted by Gasteiger charge is -2.40. The number of carbonyl (C=O) groups excluding carboxylic acids is 1. The van der Waals surface area contributed by atoms with E-state index in [1.54, 1.807) is 11.1 Å². The van der Waals surface area contributed by atoms with Gasteiger partial charge in [-0.3, -0.25) is 14.7 Å². The van der Waals surface area contributed by atoms with Crippen molar-refractivity contribution in [3.63, 3.8) is 0 Å². The number of likely N-dealkylation sites (N-methyl/N-ethyl adjacent to an activating group) is 1. The molecular weight excluding hydrogens is 350 g/mol. The molecule has 1 fully saturated rings. The van der Waals surface area contributed by atoms with Gasteiger partial charge in [-0.2, -0.15) is 0 Å².